The molecular weight excluding hydrogens is 243 g/mol. The molecule has 0 aliphatic heterocycles. The van der Waals surface area contributed by atoms with Gasteiger partial charge in [0, 0.05) is 5.56 Å². The molecule has 0 N–H and O–H groups in total. The Morgan fingerprint density at radius 1 is 1.16 bits per heavy atom. The van der Waals surface area contributed by atoms with Crippen LogP contribution in [0.15, 0.2) is 48.5 Å². The van der Waals surface area contributed by atoms with Gasteiger partial charge in [0.15, 0.2) is 12.4 Å². The van der Waals surface area contributed by atoms with Gasteiger partial charge in [0.1, 0.15) is 11.6 Å². The third-order valence-corrected chi connectivity index (χ3v) is 2.84. The molecule has 0 bridgehead atoms. The number of hydrogen-bond acceptors (Lipinski definition) is 2. The van der Waals surface area contributed by atoms with Crippen molar-refractivity contribution in [1.82, 2.24) is 0 Å². The van der Waals surface area contributed by atoms with E-state index in [1.165, 1.54) is 24.3 Å². The van der Waals surface area contributed by atoms with Crippen molar-refractivity contribution >= 4 is 5.78 Å². The number of carbonyl (C=O) groups excluding carboxylic acids is 1. The predicted octanol–water partition coefficient (Wildman–Crippen LogP) is 3.65. The van der Waals surface area contributed by atoms with Gasteiger partial charge in [-0.15, -0.1) is 0 Å². The van der Waals surface area contributed by atoms with Crippen molar-refractivity contribution in [2.45, 2.75) is 13.3 Å². The van der Waals surface area contributed by atoms with Gasteiger partial charge in [0.25, 0.3) is 0 Å². The zero-order valence-electron chi connectivity index (χ0n) is 10.7. The maximum atomic E-state index is 12.7. The number of ether oxygens (including phenoxy) is 1. The summed E-state index contributed by atoms with van der Waals surface area (Å²) >= 11 is 0. The van der Waals surface area contributed by atoms with E-state index in [9.17, 15) is 9.18 Å². The summed E-state index contributed by atoms with van der Waals surface area (Å²) in [6.07, 6.45) is 0.920. The van der Waals surface area contributed by atoms with Crippen LogP contribution in [0, 0.1) is 5.82 Å². The smallest absolute Gasteiger partial charge is 0.200 e. The lowest BCUT2D eigenvalue weighted by atomic mass is 10.1. The van der Waals surface area contributed by atoms with E-state index in [2.05, 4.69) is 6.92 Å². The zero-order chi connectivity index (χ0) is 13.7. The van der Waals surface area contributed by atoms with Crippen LogP contribution in [0.2, 0.25) is 0 Å². The first-order valence-electron chi connectivity index (χ1n) is 6.19. The highest BCUT2D eigenvalue weighted by Gasteiger charge is 2.07. The van der Waals surface area contributed by atoms with Crippen LogP contribution in [-0.4, -0.2) is 12.4 Å². The van der Waals surface area contributed by atoms with Crippen LogP contribution >= 0.6 is 0 Å². The molecular formula is C16H15FO2. The van der Waals surface area contributed by atoms with Crippen molar-refractivity contribution in [1.29, 1.82) is 0 Å². The Kier molecular flexibility index (Phi) is 4.29. The topological polar surface area (TPSA) is 26.3 Å². The fraction of sp³-hybridized carbons (Fsp3) is 0.188. The highest BCUT2D eigenvalue weighted by molar-refractivity contribution is 5.97. The Morgan fingerprint density at radius 3 is 2.58 bits per heavy atom. The quantitative estimate of drug-likeness (QED) is 0.765. The van der Waals surface area contributed by atoms with E-state index < -0.39 is 0 Å². The Hall–Kier alpha value is -2.16. The average Bonchev–Trinajstić information content (AvgIpc) is 2.46. The number of rotatable bonds is 5. The zero-order valence-corrected chi connectivity index (χ0v) is 10.7. The first kappa shape index (κ1) is 13.3. The van der Waals surface area contributed by atoms with Crippen LogP contribution in [0.5, 0.6) is 5.75 Å². The minimum atomic E-state index is -0.354. The first-order valence-corrected chi connectivity index (χ1v) is 6.19. The standard InChI is InChI=1S/C16H15FO2/c1-2-12-4-3-5-15(10-12)19-11-16(18)13-6-8-14(17)9-7-13/h3-10H,2,11H2,1H3. The van der Waals surface area contributed by atoms with Gasteiger partial charge in [-0.1, -0.05) is 19.1 Å². The van der Waals surface area contributed by atoms with Gasteiger partial charge < -0.3 is 4.74 Å². The van der Waals surface area contributed by atoms with Gasteiger partial charge >= 0.3 is 0 Å². The lowest BCUT2D eigenvalue weighted by Crippen LogP contribution is -2.11. The van der Waals surface area contributed by atoms with Crippen LogP contribution in [0.1, 0.15) is 22.8 Å². The Balaban J connectivity index is 1.98. The maximum Gasteiger partial charge on any atom is 0.200 e. The van der Waals surface area contributed by atoms with Crippen molar-refractivity contribution in [3.05, 3.63) is 65.5 Å². The van der Waals surface area contributed by atoms with Gasteiger partial charge in [-0.3, -0.25) is 4.79 Å². The van der Waals surface area contributed by atoms with E-state index >= 15 is 0 Å². The molecule has 2 rings (SSSR count). The fourth-order valence-corrected chi connectivity index (χ4v) is 1.72. The van der Waals surface area contributed by atoms with Crippen LogP contribution in [0.3, 0.4) is 0 Å². The minimum Gasteiger partial charge on any atom is -0.485 e. The van der Waals surface area contributed by atoms with E-state index in [1.54, 1.807) is 0 Å². The molecule has 0 amide bonds. The molecule has 3 heteroatoms. The molecule has 0 aliphatic carbocycles. The van der Waals surface area contributed by atoms with Crippen molar-refractivity contribution in [2.75, 3.05) is 6.61 Å². The summed E-state index contributed by atoms with van der Waals surface area (Å²) in [4.78, 5) is 11.8. The predicted molar refractivity (Wildman–Crippen MR) is 72.0 cm³/mol. The summed E-state index contributed by atoms with van der Waals surface area (Å²) in [5, 5.41) is 0. The summed E-state index contributed by atoms with van der Waals surface area (Å²) < 4.78 is 18.2. The van der Waals surface area contributed by atoms with Crippen molar-refractivity contribution in [3.8, 4) is 5.75 Å². The maximum absolute atomic E-state index is 12.7. The van der Waals surface area contributed by atoms with Crippen LogP contribution < -0.4 is 4.74 Å². The summed E-state index contributed by atoms with van der Waals surface area (Å²) in [6, 6.07) is 13.1. The molecule has 0 aliphatic rings. The highest BCUT2D eigenvalue weighted by Crippen LogP contribution is 2.14. The molecule has 0 atom stereocenters. The normalized spacial score (nSPS) is 10.2. The summed E-state index contributed by atoms with van der Waals surface area (Å²) in [6.45, 7) is 2.02. The van der Waals surface area contributed by atoms with Gasteiger partial charge in [0.2, 0.25) is 0 Å². The number of halogens is 1. The number of Topliss-reactive ketones (excluding diaryl/α,β-unsaturated/α-hetero) is 1. The van der Waals surface area contributed by atoms with E-state index in [0.717, 1.165) is 12.0 Å². The second kappa shape index (κ2) is 6.14. The summed E-state index contributed by atoms with van der Waals surface area (Å²) in [5.74, 6) is 0.157. The lowest BCUT2D eigenvalue weighted by molar-refractivity contribution is 0.0921. The largest absolute Gasteiger partial charge is 0.485 e. The van der Waals surface area contributed by atoms with Gasteiger partial charge in [-0.05, 0) is 48.4 Å². The van der Waals surface area contributed by atoms with Gasteiger partial charge in [-0.2, -0.15) is 0 Å². The van der Waals surface area contributed by atoms with Crippen LogP contribution in [0.25, 0.3) is 0 Å². The third-order valence-electron chi connectivity index (χ3n) is 2.84. The van der Waals surface area contributed by atoms with Crippen molar-refractivity contribution < 1.29 is 13.9 Å². The molecule has 0 unspecified atom stereocenters. The van der Waals surface area contributed by atoms with Crippen molar-refractivity contribution in [2.24, 2.45) is 0 Å². The van der Waals surface area contributed by atoms with Crippen LogP contribution in [-0.2, 0) is 6.42 Å². The molecule has 0 spiro atoms. The molecule has 0 radical (unpaired) electrons. The van der Waals surface area contributed by atoms with Gasteiger partial charge in [0.05, 0.1) is 0 Å². The van der Waals surface area contributed by atoms with E-state index in [0.29, 0.717) is 11.3 Å². The molecule has 0 saturated carbocycles. The molecule has 0 heterocycles. The van der Waals surface area contributed by atoms with E-state index in [4.69, 9.17) is 4.74 Å². The number of benzene rings is 2. The number of ketones is 1. The average molecular weight is 258 g/mol. The Morgan fingerprint density at radius 2 is 1.89 bits per heavy atom. The van der Waals surface area contributed by atoms with E-state index in [-0.39, 0.29) is 18.2 Å². The number of aryl methyl sites for hydroxylation is 1. The molecule has 2 nitrogen and oxygen atoms in total. The minimum absolute atomic E-state index is 0.0429. The van der Waals surface area contributed by atoms with Crippen molar-refractivity contribution in [3.63, 3.8) is 0 Å². The molecule has 2 aromatic carbocycles. The van der Waals surface area contributed by atoms with Crippen LogP contribution in [0.4, 0.5) is 4.39 Å². The highest BCUT2D eigenvalue weighted by atomic mass is 19.1. The molecule has 0 saturated heterocycles. The van der Waals surface area contributed by atoms with E-state index in [1.807, 2.05) is 24.3 Å². The Bertz CT molecular complexity index is 561. The molecule has 0 aromatic heterocycles. The molecule has 19 heavy (non-hydrogen) atoms. The first-order chi connectivity index (χ1) is 9.19. The second-order valence-corrected chi connectivity index (χ2v) is 4.22. The third kappa shape index (κ3) is 3.65. The number of carbonyl (C=O) groups is 1. The molecule has 98 valence electrons. The lowest BCUT2D eigenvalue weighted by Gasteiger charge is -2.07. The number of hydrogen-bond donors (Lipinski definition) is 0. The molecule has 0 fully saturated rings. The monoisotopic (exact) mass is 258 g/mol. The molecule has 2 aromatic rings. The summed E-state index contributed by atoms with van der Waals surface area (Å²) in [7, 11) is 0. The SMILES string of the molecule is CCc1cccc(OCC(=O)c2ccc(F)cc2)c1. The fourth-order valence-electron chi connectivity index (χ4n) is 1.72. The van der Waals surface area contributed by atoms with Gasteiger partial charge in [-0.25, -0.2) is 4.39 Å². The second-order valence-electron chi connectivity index (χ2n) is 4.22. The summed E-state index contributed by atoms with van der Waals surface area (Å²) in [5.41, 5.74) is 1.61. The Labute approximate surface area is 111 Å².